The SMILES string of the molecule is N#[N+]c1n[nH]c(Nc2ccccc2)c1C(=O)Nc1sc2c(c1C(N)=O)CCCC2.[Cl-]. The number of fused-ring (bicyclic) bond motifs is 1. The Bertz CT molecular complexity index is 1130. The molecular formula is C19H18ClN7O2S. The van der Waals surface area contributed by atoms with E-state index in [9.17, 15) is 15.0 Å². The van der Waals surface area contributed by atoms with Crippen LogP contribution in [0.5, 0.6) is 0 Å². The molecule has 9 nitrogen and oxygen atoms in total. The van der Waals surface area contributed by atoms with Crippen LogP contribution in [0.4, 0.5) is 22.3 Å². The number of amides is 2. The number of nitrogens with two attached hydrogens (primary N) is 1. The van der Waals surface area contributed by atoms with Gasteiger partial charge in [-0.1, -0.05) is 18.2 Å². The van der Waals surface area contributed by atoms with E-state index >= 15 is 0 Å². The molecule has 0 bridgehead atoms. The summed E-state index contributed by atoms with van der Waals surface area (Å²) in [5, 5.41) is 22.0. The molecule has 154 valence electrons. The number of diazo groups is 1. The Morgan fingerprint density at radius 1 is 1.17 bits per heavy atom. The Hall–Kier alpha value is -3.42. The molecule has 0 saturated heterocycles. The number of benzene rings is 1. The summed E-state index contributed by atoms with van der Waals surface area (Å²) in [6.45, 7) is 0. The van der Waals surface area contributed by atoms with Gasteiger partial charge in [0, 0.05) is 15.5 Å². The monoisotopic (exact) mass is 443 g/mol. The van der Waals surface area contributed by atoms with Gasteiger partial charge in [-0.2, -0.15) is 5.10 Å². The van der Waals surface area contributed by atoms with Crippen molar-refractivity contribution in [1.29, 1.82) is 5.39 Å². The van der Waals surface area contributed by atoms with E-state index < -0.39 is 11.8 Å². The molecule has 1 aliphatic carbocycles. The Kier molecular flexibility index (Phi) is 6.34. The fourth-order valence-corrected chi connectivity index (χ4v) is 4.75. The predicted octanol–water partition coefficient (Wildman–Crippen LogP) is 0.933. The lowest BCUT2D eigenvalue weighted by Crippen LogP contribution is -3.00. The minimum absolute atomic E-state index is 0. The number of hydrogen-bond donors (Lipinski definition) is 4. The van der Waals surface area contributed by atoms with Crippen molar-refractivity contribution in [2.75, 3.05) is 10.6 Å². The van der Waals surface area contributed by atoms with E-state index in [-0.39, 0.29) is 29.6 Å². The highest BCUT2D eigenvalue weighted by Gasteiger charge is 2.32. The van der Waals surface area contributed by atoms with Crippen LogP contribution in [0.15, 0.2) is 30.3 Å². The highest BCUT2D eigenvalue weighted by atomic mass is 35.5. The van der Waals surface area contributed by atoms with Gasteiger partial charge in [0.2, 0.25) is 5.56 Å². The number of thiophene rings is 1. The van der Waals surface area contributed by atoms with E-state index in [1.54, 1.807) is 0 Å². The lowest BCUT2D eigenvalue weighted by molar-refractivity contribution is -0.0000221. The normalized spacial score (nSPS) is 12.2. The number of nitrogens with zero attached hydrogens (tertiary/aromatic N) is 3. The van der Waals surface area contributed by atoms with Crippen molar-refractivity contribution in [2.45, 2.75) is 25.7 Å². The van der Waals surface area contributed by atoms with Crippen LogP contribution in [0.1, 0.15) is 44.0 Å². The zero-order valence-corrected chi connectivity index (χ0v) is 17.3. The van der Waals surface area contributed by atoms with Gasteiger partial charge in [0.25, 0.3) is 11.8 Å². The smallest absolute Gasteiger partial charge is 0.502 e. The lowest BCUT2D eigenvalue weighted by Gasteiger charge is -2.11. The first-order valence-electron chi connectivity index (χ1n) is 9.09. The molecule has 0 unspecified atom stereocenters. The summed E-state index contributed by atoms with van der Waals surface area (Å²) < 4.78 is 0. The summed E-state index contributed by atoms with van der Waals surface area (Å²) in [6.07, 6.45) is 3.65. The molecule has 2 amide bonds. The van der Waals surface area contributed by atoms with Gasteiger partial charge in [-0.3, -0.25) is 9.59 Å². The fraction of sp³-hybridized carbons (Fsp3) is 0.211. The van der Waals surface area contributed by atoms with Crippen LogP contribution >= 0.6 is 11.3 Å². The lowest BCUT2D eigenvalue weighted by atomic mass is 9.95. The van der Waals surface area contributed by atoms with Gasteiger partial charge in [-0.15, -0.1) is 11.3 Å². The molecule has 30 heavy (non-hydrogen) atoms. The Morgan fingerprint density at radius 2 is 1.90 bits per heavy atom. The molecule has 0 aliphatic heterocycles. The topological polar surface area (TPSA) is 141 Å². The first kappa shape index (κ1) is 21.3. The number of anilines is 3. The highest BCUT2D eigenvalue weighted by molar-refractivity contribution is 7.17. The van der Waals surface area contributed by atoms with E-state index in [2.05, 4.69) is 25.8 Å². The average molecular weight is 444 g/mol. The molecule has 0 radical (unpaired) electrons. The first-order valence-corrected chi connectivity index (χ1v) is 9.91. The van der Waals surface area contributed by atoms with Crippen LogP contribution in [0.25, 0.3) is 4.98 Å². The summed E-state index contributed by atoms with van der Waals surface area (Å²) in [5.41, 5.74) is 7.62. The Morgan fingerprint density at radius 3 is 2.60 bits per heavy atom. The molecule has 0 spiro atoms. The van der Waals surface area contributed by atoms with E-state index in [0.717, 1.165) is 41.8 Å². The van der Waals surface area contributed by atoms with Gasteiger partial charge < -0.3 is 28.8 Å². The quantitative estimate of drug-likeness (QED) is 0.434. The van der Waals surface area contributed by atoms with Gasteiger partial charge >= 0.3 is 5.82 Å². The molecule has 2 aromatic heterocycles. The molecule has 1 aliphatic rings. The van der Waals surface area contributed by atoms with Crippen molar-refractivity contribution in [3.8, 4) is 0 Å². The van der Waals surface area contributed by atoms with Crippen molar-refractivity contribution >= 4 is 45.5 Å². The molecule has 4 rings (SSSR count). The van der Waals surface area contributed by atoms with Gasteiger partial charge in [-0.25, -0.2) is 0 Å². The fourth-order valence-electron chi connectivity index (χ4n) is 3.46. The maximum absolute atomic E-state index is 13.0. The Balaban J connectivity index is 0.00000256. The number of nitrogens with one attached hydrogen (secondary N) is 3. The number of carbonyl (C=O) groups is 2. The molecule has 1 aromatic carbocycles. The molecule has 0 atom stereocenters. The third kappa shape index (κ3) is 3.98. The number of aryl methyl sites for hydroxylation is 1. The van der Waals surface area contributed by atoms with Crippen LogP contribution in [0.2, 0.25) is 0 Å². The minimum atomic E-state index is -0.568. The summed E-state index contributed by atoms with van der Waals surface area (Å²) in [6, 6.07) is 9.17. The second-order valence-corrected chi connectivity index (χ2v) is 7.73. The third-order valence-corrected chi connectivity index (χ3v) is 5.96. The van der Waals surface area contributed by atoms with Crippen molar-refractivity contribution < 1.29 is 22.0 Å². The molecule has 0 saturated carbocycles. The summed E-state index contributed by atoms with van der Waals surface area (Å²) >= 11 is 1.36. The van der Waals surface area contributed by atoms with E-state index in [0.29, 0.717) is 10.6 Å². The molecule has 2 heterocycles. The third-order valence-electron chi connectivity index (χ3n) is 4.76. The van der Waals surface area contributed by atoms with Crippen molar-refractivity contribution in [3.63, 3.8) is 0 Å². The maximum atomic E-state index is 13.0. The number of aromatic nitrogens is 2. The molecule has 11 heteroatoms. The number of aromatic amines is 1. The van der Waals surface area contributed by atoms with E-state index in [4.69, 9.17) is 5.73 Å². The molecular weight excluding hydrogens is 426 g/mol. The standard InChI is InChI=1S/C19H17N7O2S.ClH/c20-15(27)13-11-8-4-5-9-12(11)29-19(13)23-18(28)14-16(25-26-17(14)24-21)22-10-6-2-1-3-7-10;/h1-3,6-7,21H,4-5,8-9H2,(H3,20,23,27,28);1H. The number of rotatable bonds is 5. The van der Waals surface area contributed by atoms with Crippen LogP contribution in [0, 0.1) is 5.39 Å². The molecule has 3 aromatic rings. The number of para-hydroxylation sites is 1. The van der Waals surface area contributed by atoms with Crippen LogP contribution in [-0.2, 0) is 12.8 Å². The van der Waals surface area contributed by atoms with Crippen molar-refractivity contribution in [1.82, 2.24) is 10.2 Å². The average Bonchev–Trinajstić information content (AvgIpc) is 3.29. The van der Waals surface area contributed by atoms with Gasteiger partial charge in [0.05, 0.1) is 16.1 Å². The summed E-state index contributed by atoms with van der Waals surface area (Å²) in [5.74, 6) is -1.03. The molecule has 0 fully saturated rings. The van der Waals surface area contributed by atoms with Gasteiger partial charge in [0.15, 0.2) is 5.82 Å². The maximum Gasteiger partial charge on any atom is 0.502 e. The highest BCUT2D eigenvalue weighted by Crippen LogP contribution is 2.38. The number of hydrogen-bond acceptors (Lipinski definition) is 6. The summed E-state index contributed by atoms with van der Waals surface area (Å²) in [4.78, 5) is 29.2. The minimum Gasteiger partial charge on any atom is -1.00 e. The Labute approximate surface area is 182 Å². The number of primary amides is 1. The second-order valence-electron chi connectivity index (χ2n) is 6.62. The van der Waals surface area contributed by atoms with Gasteiger partial charge in [-0.05, 0) is 43.4 Å². The van der Waals surface area contributed by atoms with Crippen LogP contribution in [0.3, 0.4) is 0 Å². The number of halogens is 1. The summed E-state index contributed by atoms with van der Waals surface area (Å²) in [7, 11) is 0. The van der Waals surface area contributed by atoms with Crippen molar-refractivity contribution in [3.05, 3.63) is 56.9 Å². The van der Waals surface area contributed by atoms with E-state index in [1.807, 2.05) is 30.3 Å². The number of H-pyrrole nitrogens is 1. The van der Waals surface area contributed by atoms with E-state index in [1.165, 1.54) is 11.3 Å². The van der Waals surface area contributed by atoms with Crippen LogP contribution in [-0.4, -0.2) is 22.0 Å². The zero-order valence-electron chi connectivity index (χ0n) is 15.7. The first-order chi connectivity index (χ1) is 14.1. The van der Waals surface area contributed by atoms with Crippen molar-refractivity contribution in [2.24, 2.45) is 5.73 Å². The molecule has 5 N–H and O–H groups in total. The van der Waals surface area contributed by atoms with Gasteiger partial charge in [0.1, 0.15) is 5.00 Å². The van der Waals surface area contributed by atoms with Crippen LogP contribution < -0.4 is 28.8 Å². The second kappa shape index (κ2) is 8.94. The number of carbonyl (C=O) groups excluding carboxylic acids is 2. The largest absolute Gasteiger partial charge is 1.00 e. The predicted molar refractivity (Wildman–Crippen MR) is 110 cm³/mol. The zero-order chi connectivity index (χ0) is 20.4.